The van der Waals surface area contributed by atoms with Gasteiger partial charge in [-0.05, 0) is 43.5 Å². The molecule has 3 saturated heterocycles. The van der Waals surface area contributed by atoms with E-state index in [0.717, 1.165) is 92.7 Å². The third kappa shape index (κ3) is 6.05. The number of rotatable bonds is 6. The Balaban J connectivity index is 1.02. The molecule has 0 unspecified atom stereocenters. The van der Waals surface area contributed by atoms with Crippen LogP contribution in [-0.4, -0.2) is 88.4 Å². The lowest BCUT2D eigenvalue weighted by Gasteiger charge is -2.37. The zero-order valence-electron chi connectivity index (χ0n) is 25.3. The van der Waals surface area contributed by atoms with Crippen molar-refractivity contribution in [2.24, 2.45) is 5.73 Å². The van der Waals surface area contributed by atoms with E-state index in [1.165, 1.54) is 0 Å². The minimum Gasteiger partial charge on any atom is -0.368 e. The van der Waals surface area contributed by atoms with Gasteiger partial charge >= 0.3 is 6.03 Å². The van der Waals surface area contributed by atoms with E-state index >= 15 is 0 Å². The molecule has 2 aromatic carbocycles. The number of piperidine rings is 1. The van der Waals surface area contributed by atoms with Gasteiger partial charge in [-0.25, -0.2) is 14.8 Å². The van der Waals surface area contributed by atoms with Gasteiger partial charge in [0.1, 0.15) is 11.3 Å². The van der Waals surface area contributed by atoms with Crippen LogP contribution in [0.25, 0.3) is 22.4 Å². The van der Waals surface area contributed by atoms with E-state index in [-0.39, 0.29) is 17.5 Å². The molecule has 3 aliphatic heterocycles. The first kappa shape index (κ1) is 29.5. The van der Waals surface area contributed by atoms with Crippen LogP contribution in [0.4, 0.5) is 22.0 Å². The van der Waals surface area contributed by atoms with Gasteiger partial charge in [-0.1, -0.05) is 35.9 Å². The highest BCUT2D eigenvalue weighted by molar-refractivity contribution is 6.36. The van der Waals surface area contributed by atoms with Gasteiger partial charge in [0.2, 0.25) is 11.6 Å². The van der Waals surface area contributed by atoms with E-state index < -0.39 is 0 Å². The van der Waals surface area contributed by atoms with Crippen LogP contribution in [0.5, 0.6) is 0 Å². The molecule has 3 fully saturated rings. The number of aromatic nitrogens is 4. The van der Waals surface area contributed by atoms with Crippen LogP contribution in [-0.2, 0) is 11.3 Å². The first-order valence-electron chi connectivity index (χ1n) is 15.5. The molecular weight excluding hydrogens is 592 g/mol. The second-order valence-corrected chi connectivity index (χ2v) is 12.8. The zero-order chi connectivity index (χ0) is 31.1. The summed E-state index contributed by atoms with van der Waals surface area (Å²) < 4.78 is 0. The molecule has 4 aromatic rings. The lowest BCUT2D eigenvalue weighted by atomic mass is 9.91. The number of carbonyl (C=O) groups is 2. The largest absolute Gasteiger partial charge is 0.368 e. The summed E-state index contributed by atoms with van der Waals surface area (Å²) in [5, 5.41) is 10.7. The molecule has 7 rings (SSSR count). The summed E-state index contributed by atoms with van der Waals surface area (Å²) in [4.78, 5) is 42.0. The summed E-state index contributed by atoms with van der Waals surface area (Å²) in [7, 11) is 0. The quantitative estimate of drug-likeness (QED) is 0.291. The van der Waals surface area contributed by atoms with Crippen LogP contribution >= 0.6 is 11.6 Å². The molecule has 5 heterocycles. The summed E-state index contributed by atoms with van der Waals surface area (Å²) in [6, 6.07) is 13.7. The number of halogens is 1. The van der Waals surface area contributed by atoms with E-state index in [1.54, 1.807) is 4.90 Å². The average Bonchev–Trinajstić information content (AvgIpc) is 3.45. The highest BCUT2D eigenvalue weighted by Gasteiger charge is 2.28. The van der Waals surface area contributed by atoms with Crippen molar-refractivity contribution in [3.05, 3.63) is 59.2 Å². The zero-order valence-corrected chi connectivity index (χ0v) is 26.1. The Labute approximate surface area is 266 Å². The highest BCUT2D eigenvalue weighted by Crippen LogP contribution is 2.38. The maximum absolute atomic E-state index is 12.3. The molecule has 0 aliphatic carbocycles. The molecule has 0 radical (unpaired) electrons. The number of aromatic amines is 1. The minimum absolute atomic E-state index is 0.133. The number of carbonyl (C=O) groups excluding carboxylic acids is 2. The van der Waals surface area contributed by atoms with Gasteiger partial charge in [0.25, 0.3) is 0 Å². The van der Waals surface area contributed by atoms with E-state index in [4.69, 9.17) is 27.3 Å². The third-order valence-electron chi connectivity index (χ3n) is 9.12. The molecule has 0 atom stereocenters. The molecule has 0 bridgehead atoms. The SMILES string of the molecule is CC1(N)CCN(c2cnc3c(-c4cccc(N5CCN(Cc6cccc(N7CCC(=O)NC7=O)c6)CC5)c4Cl)[nH]nc3n2)CC1. The third-order valence-corrected chi connectivity index (χ3v) is 9.52. The number of fused-ring (bicyclic) bond motifs is 1. The number of nitrogens with zero attached hydrogens (tertiary/aromatic N) is 7. The maximum Gasteiger partial charge on any atom is 0.328 e. The minimum atomic E-state index is -0.367. The predicted molar refractivity (Wildman–Crippen MR) is 176 cm³/mol. The van der Waals surface area contributed by atoms with Gasteiger partial charge in [0, 0.05) is 75.6 Å². The van der Waals surface area contributed by atoms with Crippen LogP contribution < -0.4 is 25.8 Å². The normalized spacial score (nSPS) is 19.3. The Morgan fingerprint density at radius 2 is 1.76 bits per heavy atom. The average molecular weight is 629 g/mol. The number of H-pyrrole nitrogens is 1. The van der Waals surface area contributed by atoms with Crippen LogP contribution in [0.1, 0.15) is 31.7 Å². The lowest BCUT2D eigenvalue weighted by Crippen LogP contribution is -2.49. The van der Waals surface area contributed by atoms with E-state index in [2.05, 4.69) is 49.3 Å². The number of nitrogens with two attached hydrogens (primary N) is 1. The fourth-order valence-electron chi connectivity index (χ4n) is 6.37. The summed E-state index contributed by atoms with van der Waals surface area (Å²) in [6.45, 7) is 8.33. The second kappa shape index (κ2) is 11.9. The Bertz CT molecular complexity index is 1740. The molecule has 45 heavy (non-hydrogen) atoms. The van der Waals surface area contributed by atoms with Gasteiger partial charge in [-0.3, -0.25) is 25.0 Å². The van der Waals surface area contributed by atoms with Crippen LogP contribution in [0.3, 0.4) is 0 Å². The van der Waals surface area contributed by atoms with Crippen molar-refractivity contribution in [2.75, 3.05) is 60.5 Å². The molecule has 12 nitrogen and oxygen atoms in total. The molecule has 13 heteroatoms. The van der Waals surface area contributed by atoms with Crippen molar-refractivity contribution < 1.29 is 9.59 Å². The van der Waals surface area contributed by atoms with Gasteiger partial charge in [0.15, 0.2) is 0 Å². The smallest absolute Gasteiger partial charge is 0.328 e. The van der Waals surface area contributed by atoms with Crippen molar-refractivity contribution >= 4 is 51.9 Å². The van der Waals surface area contributed by atoms with Gasteiger partial charge < -0.3 is 15.5 Å². The van der Waals surface area contributed by atoms with Crippen molar-refractivity contribution in [2.45, 2.75) is 38.3 Å². The van der Waals surface area contributed by atoms with Crippen molar-refractivity contribution in [3.63, 3.8) is 0 Å². The molecular formula is C32H37ClN10O2. The standard InChI is InChI=1S/C32H37ClN10O2/c1-32(34)9-12-42(13-10-32)25-19-35-29-28(38-39-30(29)36-25)23-6-3-7-24(27(23)33)41-16-14-40(15-17-41)20-21-4-2-5-22(18-21)43-11-8-26(44)37-31(43)45/h2-7,18-19H,8-17,20,34H2,1H3,(H,36,38,39)(H,37,44,45). The molecule has 3 aliphatic rings. The number of amides is 3. The fraction of sp³-hybridized carbons (Fsp3) is 0.406. The topological polar surface area (TPSA) is 140 Å². The lowest BCUT2D eigenvalue weighted by molar-refractivity contribution is -0.120. The predicted octanol–water partition coefficient (Wildman–Crippen LogP) is 3.76. The summed E-state index contributed by atoms with van der Waals surface area (Å²) in [5.74, 6) is 0.583. The Kier molecular flexibility index (Phi) is 7.80. The summed E-state index contributed by atoms with van der Waals surface area (Å²) in [6.07, 6.45) is 3.94. The maximum atomic E-state index is 12.3. The number of anilines is 3. The van der Waals surface area contributed by atoms with Gasteiger partial charge in [-0.2, -0.15) is 5.10 Å². The number of piperazine rings is 1. The Morgan fingerprint density at radius 1 is 0.978 bits per heavy atom. The van der Waals surface area contributed by atoms with E-state index in [1.807, 2.05) is 36.5 Å². The number of nitrogens with one attached hydrogen (secondary N) is 2. The molecule has 0 saturated carbocycles. The fourth-order valence-corrected chi connectivity index (χ4v) is 6.71. The van der Waals surface area contributed by atoms with Crippen molar-refractivity contribution in [3.8, 4) is 11.3 Å². The van der Waals surface area contributed by atoms with Crippen molar-refractivity contribution in [1.82, 2.24) is 30.4 Å². The monoisotopic (exact) mass is 628 g/mol. The number of hydrogen-bond acceptors (Lipinski definition) is 9. The van der Waals surface area contributed by atoms with E-state index in [9.17, 15) is 9.59 Å². The summed E-state index contributed by atoms with van der Waals surface area (Å²) >= 11 is 7.06. The van der Waals surface area contributed by atoms with Crippen molar-refractivity contribution in [1.29, 1.82) is 0 Å². The highest BCUT2D eigenvalue weighted by atomic mass is 35.5. The number of benzene rings is 2. The Morgan fingerprint density at radius 3 is 2.53 bits per heavy atom. The van der Waals surface area contributed by atoms with E-state index in [0.29, 0.717) is 29.2 Å². The molecule has 0 spiro atoms. The molecule has 2 aromatic heterocycles. The molecule has 3 amide bonds. The van der Waals surface area contributed by atoms with Gasteiger partial charge in [0.05, 0.1) is 22.6 Å². The van der Waals surface area contributed by atoms with Crippen LogP contribution in [0.2, 0.25) is 5.02 Å². The summed E-state index contributed by atoms with van der Waals surface area (Å²) in [5.41, 5.74) is 11.9. The first-order chi connectivity index (χ1) is 21.7. The van der Waals surface area contributed by atoms with Gasteiger partial charge in [-0.15, -0.1) is 0 Å². The molecule has 234 valence electrons. The number of urea groups is 1. The van der Waals surface area contributed by atoms with Crippen LogP contribution in [0, 0.1) is 0 Å². The van der Waals surface area contributed by atoms with Crippen LogP contribution in [0.15, 0.2) is 48.7 Å². The molecule has 4 N–H and O–H groups in total. The number of hydrogen-bond donors (Lipinski definition) is 3. The Hall–Kier alpha value is -4.26. The number of imide groups is 1. The first-order valence-corrected chi connectivity index (χ1v) is 15.8. The second-order valence-electron chi connectivity index (χ2n) is 12.5.